The minimum absolute atomic E-state index is 0.0558. The first kappa shape index (κ1) is 14.4. The zero-order valence-corrected chi connectivity index (χ0v) is 11.7. The van der Waals surface area contributed by atoms with Gasteiger partial charge in [0.05, 0.1) is 18.7 Å². The average Bonchev–Trinajstić information content (AvgIpc) is 2.83. The lowest BCUT2D eigenvalue weighted by Gasteiger charge is -2.22. The largest absolute Gasteiger partial charge is 0.465 e. The number of anilines is 1. The van der Waals surface area contributed by atoms with Crippen molar-refractivity contribution < 1.29 is 14.3 Å². The molecule has 0 saturated carbocycles. The molecule has 0 aliphatic rings. The summed E-state index contributed by atoms with van der Waals surface area (Å²) in [5.74, 6) is -0.467. The number of carbonyl (C=O) groups is 2. The molecule has 1 rings (SSSR count). The van der Waals surface area contributed by atoms with Crippen molar-refractivity contribution in [3.8, 4) is 0 Å². The second-order valence-corrected chi connectivity index (χ2v) is 5.37. The molecule has 0 aliphatic carbocycles. The lowest BCUT2D eigenvalue weighted by molar-refractivity contribution is -0.128. The highest BCUT2D eigenvalue weighted by Gasteiger charge is 2.26. The summed E-state index contributed by atoms with van der Waals surface area (Å²) in [7, 11) is 2.92. The van der Waals surface area contributed by atoms with Crippen LogP contribution in [0.3, 0.4) is 0 Å². The van der Waals surface area contributed by atoms with Crippen LogP contribution in [0.1, 0.15) is 23.5 Å². The summed E-state index contributed by atoms with van der Waals surface area (Å²) in [4.78, 5) is 27.3. The predicted octanol–water partition coefficient (Wildman–Crippen LogP) is 1.11. The Morgan fingerprint density at radius 2 is 2.17 bits per heavy atom. The molecule has 2 N–H and O–H groups in total. The molecular formula is C11H17N3O3S. The quantitative estimate of drug-likeness (QED) is 0.784. The van der Waals surface area contributed by atoms with Gasteiger partial charge in [0.1, 0.15) is 4.88 Å². The molecule has 0 saturated heterocycles. The molecule has 0 spiro atoms. The summed E-state index contributed by atoms with van der Waals surface area (Å²) in [6, 6.07) is 0. The number of carbonyl (C=O) groups excluding carboxylic acids is 2. The van der Waals surface area contributed by atoms with Gasteiger partial charge >= 0.3 is 5.97 Å². The molecule has 0 unspecified atom stereocenters. The predicted molar refractivity (Wildman–Crippen MR) is 69.8 cm³/mol. The molecule has 0 bridgehead atoms. The first-order chi connectivity index (χ1) is 8.40. The van der Waals surface area contributed by atoms with Crippen molar-refractivity contribution in [1.29, 1.82) is 0 Å². The Morgan fingerprint density at radius 3 is 2.72 bits per heavy atom. The minimum Gasteiger partial charge on any atom is -0.465 e. The fourth-order valence-electron chi connectivity index (χ4n) is 1.27. The summed E-state index contributed by atoms with van der Waals surface area (Å²) in [6.45, 7) is 4.09. The van der Waals surface area contributed by atoms with Crippen molar-refractivity contribution >= 4 is 28.3 Å². The van der Waals surface area contributed by atoms with Crippen LogP contribution >= 0.6 is 11.3 Å². The molecule has 0 aliphatic heterocycles. The normalized spacial score (nSPS) is 10.9. The molecule has 18 heavy (non-hydrogen) atoms. The number of hydrogen-bond acceptors (Lipinski definition) is 6. The van der Waals surface area contributed by atoms with Crippen LogP contribution in [0.4, 0.5) is 5.13 Å². The molecule has 1 aromatic heterocycles. The van der Waals surface area contributed by atoms with Crippen LogP contribution in [0.2, 0.25) is 0 Å². The van der Waals surface area contributed by atoms with Gasteiger partial charge in [0.25, 0.3) is 0 Å². The van der Waals surface area contributed by atoms with E-state index in [-0.39, 0.29) is 5.91 Å². The van der Waals surface area contributed by atoms with E-state index < -0.39 is 11.4 Å². The van der Waals surface area contributed by atoms with Crippen LogP contribution in [0.5, 0.6) is 0 Å². The Bertz CT molecular complexity index is 442. The molecule has 1 amide bonds. The number of esters is 1. The monoisotopic (exact) mass is 271 g/mol. The zero-order valence-electron chi connectivity index (χ0n) is 10.9. The van der Waals surface area contributed by atoms with E-state index in [9.17, 15) is 9.59 Å². The molecule has 100 valence electrons. The van der Waals surface area contributed by atoms with Gasteiger partial charge in [0.2, 0.25) is 5.91 Å². The third-order valence-electron chi connectivity index (χ3n) is 2.42. The fourth-order valence-corrected chi connectivity index (χ4v) is 2.00. The third-order valence-corrected chi connectivity index (χ3v) is 3.35. The molecule has 1 heterocycles. The van der Waals surface area contributed by atoms with Gasteiger partial charge in [0, 0.05) is 13.6 Å². The molecule has 6 nitrogen and oxygen atoms in total. The highest BCUT2D eigenvalue weighted by atomic mass is 32.1. The highest BCUT2D eigenvalue weighted by Crippen LogP contribution is 2.21. The van der Waals surface area contributed by atoms with E-state index in [2.05, 4.69) is 20.4 Å². The van der Waals surface area contributed by atoms with E-state index in [0.717, 1.165) is 0 Å². The number of methoxy groups -OCH3 is 1. The number of thiazole rings is 1. The number of rotatable bonds is 5. The Balaban J connectivity index is 2.61. The summed E-state index contributed by atoms with van der Waals surface area (Å²) >= 11 is 1.20. The third kappa shape index (κ3) is 3.43. The van der Waals surface area contributed by atoms with Crippen molar-refractivity contribution in [2.45, 2.75) is 13.8 Å². The Kier molecular flexibility index (Phi) is 4.66. The zero-order chi connectivity index (χ0) is 13.8. The molecular weight excluding hydrogens is 254 g/mol. The van der Waals surface area contributed by atoms with E-state index in [1.807, 2.05) is 13.8 Å². The van der Waals surface area contributed by atoms with Crippen molar-refractivity contribution in [3.05, 3.63) is 11.1 Å². The number of amides is 1. The molecule has 0 fully saturated rings. The second kappa shape index (κ2) is 5.81. The summed E-state index contributed by atoms with van der Waals surface area (Å²) in [6.07, 6.45) is 1.45. The number of aromatic nitrogens is 1. The smallest absolute Gasteiger partial charge is 0.349 e. The van der Waals surface area contributed by atoms with E-state index in [1.165, 1.54) is 24.6 Å². The van der Waals surface area contributed by atoms with E-state index in [1.54, 1.807) is 7.05 Å². The SMILES string of the molecule is CNC(=O)C(C)(C)CNc1ncc(C(=O)OC)s1. The summed E-state index contributed by atoms with van der Waals surface area (Å²) in [5, 5.41) is 6.23. The molecule has 7 heteroatoms. The van der Waals surface area contributed by atoms with Gasteiger partial charge in [0.15, 0.2) is 5.13 Å². The van der Waals surface area contributed by atoms with E-state index in [0.29, 0.717) is 16.6 Å². The van der Waals surface area contributed by atoms with Gasteiger partial charge in [-0.1, -0.05) is 11.3 Å². The van der Waals surface area contributed by atoms with Gasteiger partial charge in [-0.3, -0.25) is 4.79 Å². The maximum absolute atomic E-state index is 11.6. The van der Waals surface area contributed by atoms with Gasteiger partial charge < -0.3 is 15.4 Å². The topological polar surface area (TPSA) is 80.3 Å². The number of hydrogen-bond donors (Lipinski definition) is 2. The van der Waals surface area contributed by atoms with Gasteiger partial charge in [-0.25, -0.2) is 9.78 Å². The lowest BCUT2D eigenvalue weighted by atomic mass is 9.92. The minimum atomic E-state index is -0.550. The van der Waals surface area contributed by atoms with Crippen LogP contribution in [-0.2, 0) is 9.53 Å². The molecule has 1 aromatic rings. The number of nitrogens with one attached hydrogen (secondary N) is 2. The van der Waals surface area contributed by atoms with Crippen molar-refractivity contribution in [2.24, 2.45) is 5.41 Å². The summed E-state index contributed by atoms with van der Waals surface area (Å²) < 4.78 is 4.59. The number of nitrogens with zero attached hydrogens (tertiary/aromatic N) is 1. The van der Waals surface area contributed by atoms with Crippen molar-refractivity contribution in [2.75, 3.05) is 26.0 Å². The molecule has 0 atom stereocenters. The van der Waals surface area contributed by atoms with Gasteiger partial charge in [-0.2, -0.15) is 0 Å². The Labute approximate surface area is 110 Å². The van der Waals surface area contributed by atoms with Crippen LogP contribution in [-0.4, -0.2) is 37.6 Å². The fraction of sp³-hybridized carbons (Fsp3) is 0.545. The maximum atomic E-state index is 11.6. The van der Waals surface area contributed by atoms with E-state index >= 15 is 0 Å². The average molecular weight is 271 g/mol. The van der Waals surface area contributed by atoms with Crippen LogP contribution in [0.25, 0.3) is 0 Å². The highest BCUT2D eigenvalue weighted by molar-refractivity contribution is 7.17. The first-order valence-corrected chi connectivity index (χ1v) is 6.22. The maximum Gasteiger partial charge on any atom is 0.349 e. The standard InChI is InChI=1S/C11H17N3O3S/c1-11(2,9(16)12-3)6-14-10-13-5-7(18-10)8(15)17-4/h5H,6H2,1-4H3,(H,12,16)(H,13,14). The molecule has 0 aromatic carbocycles. The first-order valence-electron chi connectivity index (χ1n) is 5.41. The Hall–Kier alpha value is -1.63. The van der Waals surface area contributed by atoms with Crippen LogP contribution in [0.15, 0.2) is 6.20 Å². The van der Waals surface area contributed by atoms with Crippen LogP contribution in [0, 0.1) is 5.41 Å². The lowest BCUT2D eigenvalue weighted by Crippen LogP contribution is -2.39. The van der Waals surface area contributed by atoms with Crippen molar-refractivity contribution in [3.63, 3.8) is 0 Å². The number of ether oxygens (including phenoxy) is 1. The Morgan fingerprint density at radius 1 is 1.50 bits per heavy atom. The summed E-state index contributed by atoms with van der Waals surface area (Å²) in [5.41, 5.74) is -0.550. The van der Waals surface area contributed by atoms with E-state index in [4.69, 9.17) is 0 Å². The van der Waals surface area contributed by atoms with Gasteiger partial charge in [-0.05, 0) is 13.8 Å². The van der Waals surface area contributed by atoms with Crippen LogP contribution < -0.4 is 10.6 Å². The van der Waals surface area contributed by atoms with Gasteiger partial charge in [-0.15, -0.1) is 0 Å². The van der Waals surface area contributed by atoms with Crippen molar-refractivity contribution in [1.82, 2.24) is 10.3 Å². The molecule has 0 radical (unpaired) electrons. The second-order valence-electron chi connectivity index (χ2n) is 4.34.